The SMILES string of the molecule is Cc1ccc(CCC(=O)NCCOC(=O)C2(c3cccc(C)c3)CC2)cc1. The molecule has 1 aliphatic carbocycles. The van der Waals surface area contributed by atoms with Crippen LogP contribution in [-0.2, 0) is 26.2 Å². The second kappa shape index (κ2) is 8.38. The molecule has 0 heterocycles. The average Bonchev–Trinajstić information content (AvgIpc) is 3.47. The molecule has 3 rings (SSSR count). The fourth-order valence-corrected chi connectivity index (χ4v) is 3.25. The maximum absolute atomic E-state index is 12.5. The zero-order chi connectivity index (χ0) is 19.3. The highest BCUT2D eigenvalue weighted by Gasteiger charge is 2.52. The summed E-state index contributed by atoms with van der Waals surface area (Å²) in [5.41, 5.74) is 4.07. The van der Waals surface area contributed by atoms with Gasteiger partial charge in [-0.2, -0.15) is 0 Å². The Hall–Kier alpha value is -2.62. The first-order chi connectivity index (χ1) is 13.0. The lowest BCUT2D eigenvalue weighted by Crippen LogP contribution is -2.30. The Morgan fingerprint density at radius 1 is 1.04 bits per heavy atom. The summed E-state index contributed by atoms with van der Waals surface area (Å²) in [7, 11) is 0. The quantitative estimate of drug-likeness (QED) is 0.574. The first kappa shape index (κ1) is 19.2. The molecule has 0 spiro atoms. The standard InChI is InChI=1S/C23H27NO3/c1-17-6-8-19(9-7-17)10-11-21(25)24-14-15-27-22(26)23(12-13-23)20-5-3-4-18(2)16-20/h3-9,16H,10-15H2,1-2H3,(H,24,25). The zero-order valence-electron chi connectivity index (χ0n) is 16.1. The summed E-state index contributed by atoms with van der Waals surface area (Å²) < 4.78 is 5.44. The number of carbonyl (C=O) groups is 2. The molecule has 2 aromatic carbocycles. The van der Waals surface area contributed by atoms with Crippen molar-refractivity contribution in [2.45, 2.75) is 44.9 Å². The third kappa shape index (κ3) is 4.97. The Morgan fingerprint density at radius 2 is 1.78 bits per heavy atom. The van der Waals surface area contributed by atoms with Gasteiger partial charge in [0.25, 0.3) is 0 Å². The third-order valence-corrected chi connectivity index (χ3v) is 5.13. The summed E-state index contributed by atoms with van der Waals surface area (Å²) in [5.74, 6) is -0.201. The van der Waals surface area contributed by atoms with E-state index >= 15 is 0 Å². The molecule has 1 amide bonds. The van der Waals surface area contributed by atoms with Gasteiger partial charge in [-0.25, -0.2) is 0 Å². The molecule has 27 heavy (non-hydrogen) atoms. The Kier molecular flexibility index (Phi) is 5.94. The van der Waals surface area contributed by atoms with Crippen molar-refractivity contribution in [1.82, 2.24) is 5.32 Å². The monoisotopic (exact) mass is 365 g/mol. The predicted octanol–water partition coefficient (Wildman–Crippen LogP) is 3.63. The van der Waals surface area contributed by atoms with Crippen LogP contribution in [0.25, 0.3) is 0 Å². The number of aryl methyl sites for hydroxylation is 3. The number of carbonyl (C=O) groups excluding carboxylic acids is 2. The van der Waals surface area contributed by atoms with E-state index in [0.717, 1.165) is 29.5 Å². The molecule has 0 radical (unpaired) electrons. The second-order valence-corrected chi connectivity index (χ2v) is 7.42. The summed E-state index contributed by atoms with van der Waals surface area (Å²) in [6.45, 7) is 4.63. The minimum atomic E-state index is -0.471. The van der Waals surface area contributed by atoms with E-state index < -0.39 is 5.41 Å². The predicted molar refractivity (Wildman–Crippen MR) is 106 cm³/mol. The summed E-state index contributed by atoms with van der Waals surface area (Å²) in [4.78, 5) is 24.4. The number of ether oxygens (including phenoxy) is 1. The van der Waals surface area contributed by atoms with Crippen LogP contribution in [0.2, 0.25) is 0 Å². The normalized spacial score (nSPS) is 14.4. The van der Waals surface area contributed by atoms with Crippen molar-refractivity contribution in [2.24, 2.45) is 0 Å². The van der Waals surface area contributed by atoms with Crippen LogP contribution in [0.1, 0.15) is 41.5 Å². The first-order valence-electron chi connectivity index (χ1n) is 9.56. The van der Waals surface area contributed by atoms with Gasteiger partial charge in [0, 0.05) is 6.42 Å². The number of esters is 1. The number of hydrogen-bond donors (Lipinski definition) is 1. The number of amides is 1. The van der Waals surface area contributed by atoms with Crippen LogP contribution in [0.5, 0.6) is 0 Å². The molecule has 142 valence electrons. The maximum atomic E-state index is 12.5. The molecule has 1 aliphatic rings. The van der Waals surface area contributed by atoms with Gasteiger partial charge in [-0.1, -0.05) is 59.7 Å². The Balaban J connectivity index is 1.38. The van der Waals surface area contributed by atoms with Gasteiger partial charge in [0.1, 0.15) is 6.61 Å². The van der Waals surface area contributed by atoms with Gasteiger partial charge in [0.15, 0.2) is 0 Å². The zero-order valence-corrected chi connectivity index (χ0v) is 16.1. The van der Waals surface area contributed by atoms with E-state index in [2.05, 4.69) is 23.5 Å². The number of rotatable bonds is 8. The van der Waals surface area contributed by atoms with Crippen molar-refractivity contribution in [3.05, 3.63) is 70.8 Å². The Bertz CT molecular complexity index is 807. The van der Waals surface area contributed by atoms with Gasteiger partial charge in [0.05, 0.1) is 12.0 Å². The Morgan fingerprint density at radius 3 is 2.44 bits per heavy atom. The van der Waals surface area contributed by atoms with Crippen molar-refractivity contribution < 1.29 is 14.3 Å². The fraction of sp³-hybridized carbons (Fsp3) is 0.391. The minimum Gasteiger partial charge on any atom is -0.463 e. The molecule has 0 saturated heterocycles. The molecule has 1 fully saturated rings. The largest absolute Gasteiger partial charge is 0.463 e. The first-order valence-corrected chi connectivity index (χ1v) is 9.56. The van der Waals surface area contributed by atoms with E-state index in [4.69, 9.17) is 4.74 Å². The molecule has 1 saturated carbocycles. The molecular formula is C23H27NO3. The highest BCUT2D eigenvalue weighted by atomic mass is 16.5. The molecule has 0 aromatic heterocycles. The van der Waals surface area contributed by atoms with E-state index in [9.17, 15) is 9.59 Å². The van der Waals surface area contributed by atoms with Crippen LogP contribution in [-0.4, -0.2) is 25.0 Å². The van der Waals surface area contributed by atoms with E-state index in [0.29, 0.717) is 19.4 Å². The van der Waals surface area contributed by atoms with Crippen molar-refractivity contribution in [1.29, 1.82) is 0 Å². The van der Waals surface area contributed by atoms with Crippen LogP contribution in [0, 0.1) is 13.8 Å². The third-order valence-electron chi connectivity index (χ3n) is 5.13. The molecule has 0 aliphatic heterocycles. The summed E-state index contributed by atoms with van der Waals surface area (Å²) in [6, 6.07) is 16.2. The highest BCUT2D eigenvalue weighted by Crippen LogP contribution is 2.49. The van der Waals surface area contributed by atoms with Crippen molar-refractivity contribution in [3.8, 4) is 0 Å². The van der Waals surface area contributed by atoms with Crippen molar-refractivity contribution >= 4 is 11.9 Å². The number of nitrogens with one attached hydrogen (secondary N) is 1. The number of hydrogen-bond acceptors (Lipinski definition) is 3. The van der Waals surface area contributed by atoms with Gasteiger partial charge >= 0.3 is 5.97 Å². The molecule has 0 bridgehead atoms. The second-order valence-electron chi connectivity index (χ2n) is 7.42. The molecular weight excluding hydrogens is 338 g/mol. The molecule has 0 unspecified atom stereocenters. The maximum Gasteiger partial charge on any atom is 0.316 e. The average molecular weight is 365 g/mol. The molecule has 2 aromatic rings. The smallest absolute Gasteiger partial charge is 0.316 e. The van der Waals surface area contributed by atoms with Crippen molar-refractivity contribution in [2.75, 3.05) is 13.2 Å². The summed E-state index contributed by atoms with van der Waals surface area (Å²) >= 11 is 0. The highest BCUT2D eigenvalue weighted by molar-refractivity contribution is 5.86. The van der Waals surface area contributed by atoms with Gasteiger partial charge in [0.2, 0.25) is 5.91 Å². The summed E-state index contributed by atoms with van der Waals surface area (Å²) in [5, 5.41) is 2.82. The Labute approximate surface area is 160 Å². The fourth-order valence-electron chi connectivity index (χ4n) is 3.25. The lowest BCUT2D eigenvalue weighted by Gasteiger charge is -2.15. The molecule has 4 heteroatoms. The topological polar surface area (TPSA) is 55.4 Å². The van der Waals surface area contributed by atoms with Crippen LogP contribution in [0.4, 0.5) is 0 Å². The van der Waals surface area contributed by atoms with Gasteiger partial charge in [-0.15, -0.1) is 0 Å². The number of benzene rings is 2. The molecule has 4 nitrogen and oxygen atoms in total. The van der Waals surface area contributed by atoms with Crippen LogP contribution < -0.4 is 5.32 Å². The lowest BCUT2D eigenvalue weighted by molar-refractivity contribution is -0.147. The van der Waals surface area contributed by atoms with Gasteiger partial charge in [-0.3, -0.25) is 9.59 Å². The summed E-state index contributed by atoms with van der Waals surface area (Å²) in [6.07, 6.45) is 2.81. The van der Waals surface area contributed by atoms with Gasteiger partial charge < -0.3 is 10.1 Å². The van der Waals surface area contributed by atoms with Crippen molar-refractivity contribution in [3.63, 3.8) is 0 Å². The van der Waals surface area contributed by atoms with Crippen LogP contribution in [0.15, 0.2) is 48.5 Å². The van der Waals surface area contributed by atoms with Gasteiger partial charge in [-0.05, 0) is 44.2 Å². The molecule has 0 atom stereocenters. The van der Waals surface area contributed by atoms with Crippen LogP contribution >= 0.6 is 0 Å². The van der Waals surface area contributed by atoms with Crippen LogP contribution in [0.3, 0.4) is 0 Å². The van der Waals surface area contributed by atoms with E-state index in [-0.39, 0.29) is 18.5 Å². The van der Waals surface area contributed by atoms with E-state index in [1.165, 1.54) is 5.56 Å². The van der Waals surface area contributed by atoms with E-state index in [1.807, 2.05) is 44.2 Å². The van der Waals surface area contributed by atoms with E-state index in [1.54, 1.807) is 0 Å². The minimum absolute atomic E-state index is 0.0218. The lowest BCUT2D eigenvalue weighted by atomic mass is 9.95. The molecule has 1 N–H and O–H groups in total.